The van der Waals surface area contributed by atoms with Gasteiger partial charge >= 0.3 is 0 Å². The molecule has 1 amide bonds. The van der Waals surface area contributed by atoms with Crippen LogP contribution in [0.3, 0.4) is 0 Å². The van der Waals surface area contributed by atoms with Gasteiger partial charge in [0.25, 0.3) is 5.91 Å². The number of aromatic nitrogens is 4. The van der Waals surface area contributed by atoms with Gasteiger partial charge in [0.1, 0.15) is 18.5 Å². The van der Waals surface area contributed by atoms with E-state index in [2.05, 4.69) is 19.0 Å². The van der Waals surface area contributed by atoms with E-state index in [9.17, 15) is 4.79 Å². The lowest BCUT2D eigenvalue weighted by Gasteiger charge is -2.12. The molecule has 8 heteroatoms. The van der Waals surface area contributed by atoms with Crippen molar-refractivity contribution < 1.29 is 9.53 Å². The van der Waals surface area contributed by atoms with E-state index in [1.165, 1.54) is 6.20 Å². The predicted molar refractivity (Wildman–Crippen MR) is 66.1 cm³/mol. The summed E-state index contributed by atoms with van der Waals surface area (Å²) in [6.07, 6.45) is 4.77. The van der Waals surface area contributed by atoms with Gasteiger partial charge in [0.05, 0.1) is 17.9 Å². The van der Waals surface area contributed by atoms with Crippen LogP contribution in [0, 0.1) is 0 Å². The molecule has 0 radical (unpaired) electrons. The number of hydrogen-bond donors (Lipinski definition) is 1. The van der Waals surface area contributed by atoms with E-state index in [0.717, 1.165) is 17.6 Å². The Kier molecular flexibility index (Phi) is 4.00. The lowest BCUT2D eigenvalue weighted by molar-refractivity contribution is -0.122. The Hall–Kier alpha value is -1.80. The van der Waals surface area contributed by atoms with Crippen molar-refractivity contribution in [2.45, 2.75) is 13.0 Å². The second kappa shape index (κ2) is 5.69. The van der Waals surface area contributed by atoms with Crippen molar-refractivity contribution in [3.63, 3.8) is 0 Å². The molecule has 0 saturated carbocycles. The summed E-state index contributed by atoms with van der Waals surface area (Å²) in [5, 5.41) is 2.58. The van der Waals surface area contributed by atoms with Crippen molar-refractivity contribution in [1.82, 2.24) is 18.3 Å². The van der Waals surface area contributed by atoms with Crippen molar-refractivity contribution in [1.29, 1.82) is 0 Å². The second-order valence-corrected chi connectivity index (χ2v) is 4.25. The average Bonchev–Trinajstić information content (AvgIpc) is 2.97. The zero-order valence-corrected chi connectivity index (χ0v) is 10.8. The van der Waals surface area contributed by atoms with Gasteiger partial charge in [0, 0.05) is 19.4 Å². The number of rotatable bonds is 5. The van der Waals surface area contributed by atoms with Crippen LogP contribution in [0.25, 0.3) is 0 Å². The number of carbonyl (C=O) groups is 1. The molecule has 0 fully saturated rings. The van der Waals surface area contributed by atoms with Gasteiger partial charge in [-0.15, -0.1) is 0 Å². The van der Waals surface area contributed by atoms with Gasteiger partial charge in [-0.3, -0.25) is 4.79 Å². The summed E-state index contributed by atoms with van der Waals surface area (Å²) >= 11 is 1.04. The smallest absolute Gasteiger partial charge is 0.251 e. The number of aryl methyl sites for hydroxylation is 1. The van der Waals surface area contributed by atoms with Gasteiger partial charge < -0.3 is 14.6 Å². The molecule has 0 bridgehead atoms. The highest BCUT2D eigenvalue weighted by Gasteiger charge is 2.13. The fraction of sp³-hybridized carbons (Fsp3) is 0.400. The highest BCUT2D eigenvalue weighted by molar-refractivity contribution is 6.99. The molecule has 0 aromatic carbocycles. The third-order valence-corrected chi connectivity index (χ3v) is 2.79. The number of amides is 1. The minimum atomic E-state index is -0.260. The van der Waals surface area contributed by atoms with Crippen molar-refractivity contribution >= 4 is 23.5 Å². The van der Waals surface area contributed by atoms with Crippen LogP contribution < -0.4 is 5.32 Å². The minimum Gasteiger partial charge on any atom is -0.361 e. The Morgan fingerprint density at radius 2 is 2.50 bits per heavy atom. The largest absolute Gasteiger partial charge is 0.361 e. The van der Waals surface area contributed by atoms with Crippen molar-refractivity contribution in [3.05, 3.63) is 24.4 Å². The molecule has 2 heterocycles. The number of hydrogen-bond acceptors (Lipinski definition) is 6. The summed E-state index contributed by atoms with van der Waals surface area (Å²) in [7, 11) is 1.88. The van der Waals surface area contributed by atoms with Crippen LogP contribution in [0.5, 0.6) is 0 Å². The maximum Gasteiger partial charge on any atom is 0.251 e. The van der Waals surface area contributed by atoms with E-state index in [-0.39, 0.29) is 18.6 Å². The Labute approximate surface area is 108 Å². The van der Waals surface area contributed by atoms with E-state index in [0.29, 0.717) is 5.82 Å². The molecule has 2 rings (SSSR count). The van der Waals surface area contributed by atoms with Crippen LogP contribution >= 0.6 is 11.7 Å². The number of carbonyl (C=O) groups excluding carboxylic acids is 1. The molecule has 0 saturated heterocycles. The van der Waals surface area contributed by atoms with E-state index in [1.54, 1.807) is 6.20 Å². The summed E-state index contributed by atoms with van der Waals surface area (Å²) in [6.45, 7) is 1.80. The molecular weight excluding hydrogens is 254 g/mol. The lowest BCUT2D eigenvalue weighted by Crippen LogP contribution is -2.20. The molecule has 1 atom stereocenters. The molecule has 1 unspecified atom stereocenters. The predicted octanol–water partition coefficient (Wildman–Crippen LogP) is 0.988. The van der Waals surface area contributed by atoms with Gasteiger partial charge in [-0.25, -0.2) is 4.98 Å². The van der Waals surface area contributed by atoms with Crippen LogP contribution in [-0.4, -0.2) is 30.8 Å². The molecular formula is C10H13N5O2S. The Balaban J connectivity index is 1.81. The second-order valence-electron chi connectivity index (χ2n) is 3.69. The first-order valence-corrected chi connectivity index (χ1v) is 6.06. The molecule has 0 aliphatic rings. The van der Waals surface area contributed by atoms with E-state index >= 15 is 0 Å². The van der Waals surface area contributed by atoms with Crippen LogP contribution in [0.2, 0.25) is 0 Å². The van der Waals surface area contributed by atoms with Crippen molar-refractivity contribution in [2.24, 2.45) is 7.05 Å². The summed E-state index contributed by atoms with van der Waals surface area (Å²) < 4.78 is 15.0. The average molecular weight is 267 g/mol. The molecule has 0 aliphatic carbocycles. The van der Waals surface area contributed by atoms with Gasteiger partial charge in [-0.05, 0) is 6.92 Å². The zero-order chi connectivity index (χ0) is 13.0. The summed E-state index contributed by atoms with van der Waals surface area (Å²) in [6, 6.07) is 0. The lowest BCUT2D eigenvalue weighted by atomic mass is 10.4. The fourth-order valence-electron chi connectivity index (χ4n) is 1.44. The Bertz CT molecular complexity index is 510. The summed E-state index contributed by atoms with van der Waals surface area (Å²) in [5.41, 5.74) is 0. The van der Waals surface area contributed by atoms with E-state index in [1.807, 2.05) is 24.7 Å². The van der Waals surface area contributed by atoms with Crippen molar-refractivity contribution in [3.8, 4) is 0 Å². The number of ether oxygens (including phenoxy) is 1. The van der Waals surface area contributed by atoms with Gasteiger partial charge in [-0.2, -0.15) is 8.75 Å². The van der Waals surface area contributed by atoms with Crippen molar-refractivity contribution in [2.75, 3.05) is 11.9 Å². The standard InChI is InChI=1S/C10H13N5O2S/c1-7(10-11-3-4-15(10)2)17-6-9(16)13-8-5-12-18-14-8/h3-5,7H,6H2,1-2H3,(H,13,14,16). The highest BCUT2D eigenvalue weighted by atomic mass is 32.1. The molecule has 1 N–H and O–H groups in total. The maximum atomic E-state index is 11.5. The molecule has 18 heavy (non-hydrogen) atoms. The number of anilines is 1. The van der Waals surface area contributed by atoms with Gasteiger partial charge in [0.2, 0.25) is 0 Å². The topological polar surface area (TPSA) is 81.9 Å². The first-order chi connectivity index (χ1) is 8.66. The SMILES string of the molecule is CC(OCC(=O)Nc1cnsn1)c1nccn1C. The van der Waals surface area contributed by atoms with E-state index in [4.69, 9.17) is 4.74 Å². The molecule has 2 aromatic heterocycles. The van der Waals surface area contributed by atoms with Crippen LogP contribution in [0.4, 0.5) is 5.82 Å². The molecule has 2 aromatic rings. The van der Waals surface area contributed by atoms with Crippen LogP contribution in [0.15, 0.2) is 18.6 Å². The third-order valence-electron chi connectivity index (χ3n) is 2.32. The summed E-state index contributed by atoms with van der Waals surface area (Å²) in [5.74, 6) is 0.958. The number of nitrogens with one attached hydrogen (secondary N) is 1. The molecule has 96 valence electrons. The van der Waals surface area contributed by atoms with Crippen LogP contribution in [0.1, 0.15) is 18.9 Å². The maximum absolute atomic E-state index is 11.5. The Morgan fingerprint density at radius 3 is 3.11 bits per heavy atom. The molecule has 0 spiro atoms. The fourth-order valence-corrected chi connectivity index (χ4v) is 1.82. The monoisotopic (exact) mass is 267 g/mol. The van der Waals surface area contributed by atoms with Gasteiger partial charge in [-0.1, -0.05) is 0 Å². The first kappa shape index (κ1) is 12.7. The zero-order valence-electron chi connectivity index (χ0n) is 10.0. The Morgan fingerprint density at radius 1 is 1.67 bits per heavy atom. The minimum absolute atomic E-state index is 0.0500. The quantitative estimate of drug-likeness (QED) is 0.873. The van der Waals surface area contributed by atoms with E-state index < -0.39 is 0 Å². The summed E-state index contributed by atoms with van der Waals surface area (Å²) in [4.78, 5) is 15.7. The number of nitrogens with zero attached hydrogens (tertiary/aromatic N) is 4. The molecule has 0 aliphatic heterocycles. The number of imidazole rings is 1. The normalized spacial score (nSPS) is 12.3. The highest BCUT2D eigenvalue weighted by Crippen LogP contribution is 2.13. The first-order valence-electron chi connectivity index (χ1n) is 5.33. The van der Waals surface area contributed by atoms with Gasteiger partial charge in [0.15, 0.2) is 5.82 Å². The molecule has 7 nitrogen and oxygen atoms in total. The third kappa shape index (κ3) is 3.11. The van der Waals surface area contributed by atoms with Crippen LogP contribution in [-0.2, 0) is 16.6 Å².